The zero-order valence-electron chi connectivity index (χ0n) is 26.4. The van der Waals surface area contributed by atoms with Crippen LogP contribution in [-0.4, -0.2) is 11.9 Å². The number of hydrogen-bond acceptors (Lipinski definition) is 8. The van der Waals surface area contributed by atoms with Gasteiger partial charge in [0.05, 0.1) is 0 Å². The van der Waals surface area contributed by atoms with Crippen molar-refractivity contribution in [1.82, 2.24) is 0 Å². The van der Waals surface area contributed by atoms with E-state index in [1.54, 1.807) is 12.1 Å². The van der Waals surface area contributed by atoms with Gasteiger partial charge in [0, 0.05) is 21.9 Å². The highest BCUT2D eigenvalue weighted by atomic mass is 31.2. The highest BCUT2D eigenvalue weighted by molar-refractivity contribution is 7.43. The van der Waals surface area contributed by atoms with Crippen molar-refractivity contribution in [1.29, 1.82) is 0 Å². The zero-order valence-corrected chi connectivity index (χ0v) is 28.2. The number of hydrogen-bond donors (Lipinski definition) is 0. The molecule has 2 aliphatic heterocycles. The summed E-state index contributed by atoms with van der Waals surface area (Å²) < 4.78 is 36.9. The molecule has 2 atom stereocenters. The molecule has 48 heavy (non-hydrogen) atoms. The number of aryl methyl sites for hydroxylation is 4. The molecule has 0 radical (unpaired) electrons. The summed E-state index contributed by atoms with van der Waals surface area (Å²) >= 11 is 0. The lowest BCUT2D eigenvalue weighted by Gasteiger charge is -2.27. The largest absolute Gasteiger partial charge is 0.532 e. The van der Waals surface area contributed by atoms with Crippen molar-refractivity contribution >= 4 is 50.7 Å². The van der Waals surface area contributed by atoms with Crippen LogP contribution < -0.4 is 18.1 Å². The van der Waals surface area contributed by atoms with Crippen molar-refractivity contribution in [2.75, 3.05) is 0 Å². The molecule has 238 valence electrons. The summed E-state index contributed by atoms with van der Waals surface area (Å²) in [6.07, 6.45) is 0. The van der Waals surface area contributed by atoms with Crippen LogP contribution in [-0.2, 0) is 9.05 Å². The Balaban J connectivity index is 1.18. The Morgan fingerprint density at radius 2 is 0.896 bits per heavy atom. The first-order chi connectivity index (χ1) is 23.2. The molecule has 0 bridgehead atoms. The molecule has 8 nitrogen and oxygen atoms in total. The molecule has 6 aromatic rings. The third-order valence-corrected chi connectivity index (χ3v) is 10.3. The Kier molecular flexibility index (Phi) is 7.43. The summed E-state index contributed by atoms with van der Waals surface area (Å²) in [7, 11) is -4.31. The third-order valence-electron chi connectivity index (χ3n) is 8.31. The Morgan fingerprint density at radius 3 is 1.33 bits per heavy atom. The Hall–Kier alpha value is -5.16. The maximum atomic E-state index is 13.1. The van der Waals surface area contributed by atoms with Crippen molar-refractivity contribution in [3.05, 3.63) is 130 Å². The minimum atomic E-state index is -2.15. The van der Waals surface area contributed by atoms with Gasteiger partial charge in [-0.25, -0.2) is 9.59 Å². The highest BCUT2D eigenvalue weighted by Gasteiger charge is 2.37. The van der Waals surface area contributed by atoms with Crippen molar-refractivity contribution in [3.8, 4) is 34.1 Å². The van der Waals surface area contributed by atoms with E-state index in [1.165, 1.54) is 0 Å². The van der Waals surface area contributed by atoms with Crippen LogP contribution >= 0.6 is 17.2 Å². The van der Waals surface area contributed by atoms with Crippen molar-refractivity contribution in [2.24, 2.45) is 0 Å². The maximum Gasteiger partial charge on any atom is 0.532 e. The van der Waals surface area contributed by atoms with Gasteiger partial charge in [-0.1, -0.05) is 72.8 Å². The molecule has 0 aliphatic carbocycles. The predicted molar refractivity (Wildman–Crippen MR) is 186 cm³/mol. The predicted octanol–water partition coefficient (Wildman–Crippen LogP) is 10.6. The van der Waals surface area contributed by atoms with Crippen molar-refractivity contribution in [2.45, 2.75) is 27.7 Å². The quantitative estimate of drug-likeness (QED) is 0.167. The van der Waals surface area contributed by atoms with Crippen LogP contribution in [0.15, 0.2) is 97.1 Å². The molecule has 2 unspecified atom stereocenters. The summed E-state index contributed by atoms with van der Waals surface area (Å²) in [6, 6.07) is 30.5. The van der Waals surface area contributed by atoms with Crippen LogP contribution in [0.2, 0.25) is 0 Å². The van der Waals surface area contributed by atoms with Gasteiger partial charge in [0.15, 0.2) is 11.5 Å². The molecule has 0 N–H and O–H groups in total. The van der Waals surface area contributed by atoms with E-state index < -0.39 is 29.1 Å². The van der Waals surface area contributed by atoms with Gasteiger partial charge in [0.1, 0.15) is 22.6 Å². The number of carbonyl (C=O) groups excluding carboxylic acids is 2. The second-order valence-corrected chi connectivity index (χ2v) is 13.8. The van der Waals surface area contributed by atoms with Crippen LogP contribution in [0.1, 0.15) is 43.0 Å². The van der Waals surface area contributed by atoms with E-state index in [0.717, 1.165) is 43.8 Å². The first-order valence-corrected chi connectivity index (χ1v) is 17.5. The summed E-state index contributed by atoms with van der Waals surface area (Å²) in [5.41, 5.74) is 5.68. The molecular formula is C38H28O8P2. The van der Waals surface area contributed by atoms with Gasteiger partial charge in [0.25, 0.3) is 0 Å². The smallest absolute Gasteiger partial charge is 0.407 e. The van der Waals surface area contributed by atoms with Crippen LogP contribution in [0.5, 0.6) is 23.0 Å². The average molecular weight is 675 g/mol. The lowest BCUT2D eigenvalue weighted by atomic mass is 9.95. The molecule has 0 saturated heterocycles. The number of rotatable bonds is 5. The standard InChI is InChI=1S/C38H28O8P2/c1-21-17-23(3)33(41-47-43-35-27-11-7-5-9-25(27)13-15-29(35)37(39)45-47)31(19-21)32-20-22(2)18-24(4)34(32)42-48-44-36-28-12-8-6-10-26(28)14-16-30(36)38(40)46-48/h5-20H,1-4H3. The molecule has 0 fully saturated rings. The zero-order chi connectivity index (χ0) is 33.1. The van der Waals surface area contributed by atoms with Crippen LogP contribution in [0, 0.1) is 27.7 Å². The average Bonchev–Trinajstić information content (AvgIpc) is 3.07. The summed E-state index contributed by atoms with van der Waals surface area (Å²) in [5.74, 6) is 0.795. The Labute approximate surface area is 279 Å². The molecule has 2 heterocycles. The normalized spacial score (nSPS) is 16.7. The molecule has 8 rings (SSSR count). The summed E-state index contributed by atoms with van der Waals surface area (Å²) in [4.78, 5) is 26.3. The van der Waals surface area contributed by atoms with Crippen LogP contribution in [0.4, 0.5) is 0 Å². The van der Waals surface area contributed by atoms with Crippen molar-refractivity contribution in [3.63, 3.8) is 0 Å². The monoisotopic (exact) mass is 674 g/mol. The van der Waals surface area contributed by atoms with Crippen molar-refractivity contribution < 1.29 is 36.7 Å². The van der Waals surface area contributed by atoms with Gasteiger partial charge in [-0.2, -0.15) is 0 Å². The van der Waals surface area contributed by atoms with E-state index in [9.17, 15) is 9.59 Å². The third kappa shape index (κ3) is 5.28. The molecule has 10 heteroatoms. The minimum absolute atomic E-state index is 0.348. The first-order valence-electron chi connectivity index (χ1n) is 15.3. The fourth-order valence-electron chi connectivity index (χ4n) is 6.20. The number of benzene rings is 6. The fraction of sp³-hybridized carbons (Fsp3) is 0.105. The van der Waals surface area contributed by atoms with E-state index in [2.05, 4.69) is 0 Å². The molecule has 0 saturated carbocycles. The summed E-state index contributed by atoms with van der Waals surface area (Å²) in [5, 5.41) is 3.47. The summed E-state index contributed by atoms with van der Waals surface area (Å²) in [6.45, 7) is 7.84. The maximum absolute atomic E-state index is 13.1. The van der Waals surface area contributed by atoms with Crippen LogP contribution in [0.25, 0.3) is 32.7 Å². The lowest BCUT2D eigenvalue weighted by molar-refractivity contribution is 0.0686. The second kappa shape index (κ2) is 11.8. The second-order valence-electron chi connectivity index (χ2n) is 11.8. The molecule has 6 aromatic carbocycles. The van der Waals surface area contributed by atoms with Gasteiger partial charge < -0.3 is 27.1 Å². The van der Waals surface area contributed by atoms with Gasteiger partial charge in [-0.05, 0) is 85.0 Å². The van der Waals surface area contributed by atoms with E-state index in [-0.39, 0.29) is 0 Å². The van der Waals surface area contributed by atoms with E-state index in [0.29, 0.717) is 45.3 Å². The molecule has 0 spiro atoms. The number of carbonyl (C=O) groups is 2. The molecular weight excluding hydrogens is 646 g/mol. The van der Waals surface area contributed by atoms with E-state index >= 15 is 0 Å². The van der Waals surface area contributed by atoms with Crippen LogP contribution in [0.3, 0.4) is 0 Å². The molecule has 2 aliphatic rings. The SMILES string of the molecule is Cc1cc(C)c(OP2OC(=O)c3ccc4ccccc4c3O2)c(-c2cc(C)cc(C)c2OP2OC(=O)c3ccc4ccccc4c3O2)c1. The number of fused-ring (bicyclic) bond motifs is 6. The molecule has 0 amide bonds. The van der Waals surface area contributed by atoms with E-state index in [1.807, 2.05) is 113 Å². The van der Waals surface area contributed by atoms with Gasteiger partial charge >= 0.3 is 29.1 Å². The van der Waals surface area contributed by atoms with E-state index in [4.69, 9.17) is 27.1 Å². The first kappa shape index (κ1) is 30.2. The topological polar surface area (TPSA) is 89.5 Å². The minimum Gasteiger partial charge on any atom is -0.407 e. The highest BCUT2D eigenvalue weighted by Crippen LogP contribution is 2.55. The van der Waals surface area contributed by atoms with Gasteiger partial charge in [0.2, 0.25) is 0 Å². The van der Waals surface area contributed by atoms with Gasteiger partial charge in [-0.15, -0.1) is 0 Å². The Morgan fingerprint density at radius 1 is 0.479 bits per heavy atom. The lowest BCUT2D eigenvalue weighted by Crippen LogP contribution is -2.16. The molecule has 0 aromatic heterocycles. The fourth-order valence-corrected chi connectivity index (χ4v) is 8.36. The van der Waals surface area contributed by atoms with Gasteiger partial charge in [-0.3, -0.25) is 0 Å². The Bertz CT molecular complexity index is 2150.